The first-order chi connectivity index (χ1) is 6.81. The monoisotopic (exact) mass is 191 g/mol. The first-order valence-electron chi connectivity index (χ1n) is 4.75. The Morgan fingerprint density at radius 3 is 3.00 bits per heavy atom. The minimum atomic E-state index is 0.498. The van der Waals surface area contributed by atoms with E-state index in [0.717, 1.165) is 24.8 Å². The van der Waals surface area contributed by atoms with Crippen molar-refractivity contribution in [1.29, 1.82) is 0 Å². The summed E-state index contributed by atoms with van der Waals surface area (Å²) in [7, 11) is 0. The number of hydrogen-bond donors (Lipinski definition) is 1. The molecule has 0 spiro atoms. The highest BCUT2D eigenvalue weighted by Crippen LogP contribution is 2.14. The number of nitrogens with zero attached hydrogens (tertiary/aromatic N) is 4. The number of hydrogen-bond acceptors (Lipinski definition) is 4. The lowest BCUT2D eigenvalue weighted by molar-refractivity contribution is 0.575. The largest absolute Gasteiger partial charge is 0.383 e. The van der Waals surface area contributed by atoms with Crippen molar-refractivity contribution in [3.05, 3.63) is 12.5 Å². The Labute approximate surface area is 82.0 Å². The van der Waals surface area contributed by atoms with Gasteiger partial charge in [-0.3, -0.25) is 4.68 Å². The second kappa shape index (κ2) is 3.61. The first kappa shape index (κ1) is 8.93. The molecule has 0 fully saturated rings. The van der Waals surface area contributed by atoms with Crippen LogP contribution in [0.4, 0.5) is 5.82 Å². The van der Waals surface area contributed by atoms with Gasteiger partial charge in [-0.05, 0) is 6.42 Å². The van der Waals surface area contributed by atoms with E-state index >= 15 is 0 Å². The van der Waals surface area contributed by atoms with Gasteiger partial charge in [-0.15, -0.1) is 0 Å². The highest BCUT2D eigenvalue weighted by atomic mass is 15.3. The van der Waals surface area contributed by atoms with Crippen LogP contribution in [0.25, 0.3) is 11.0 Å². The molecule has 2 heterocycles. The molecule has 0 aliphatic rings. The molecule has 2 aromatic rings. The fourth-order valence-corrected chi connectivity index (χ4v) is 1.34. The van der Waals surface area contributed by atoms with Crippen molar-refractivity contribution in [1.82, 2.24) is 19.7 Å². The van der Waals surface area contributed by atoms with Gasteiger partial charge in [0.1, 0.15) is 12.1 Å². The highest BCUT2D eigenvalue weighted by molar-refractivity contribution is 5.84. The number of nitrogens with two attached hydrogens (primary N) is 1. The molecule has 0 amide bonds. The molecule has 74 valence electrons. The van der Waals surface area contributed by atoms with E-state index in [1.54, 1.807) is 0 Å². The van der Waals surface area contributed by atoms with Crippen LogP contribution in [0.5, 0.6) is 0 Å². The van der Waals surface area contributed by atoms with E-state index in [4.69, 9.17) is 5.73 Å². The molecule has 2 N–H and O–H groups in total. The van der Waals surface area contributed by atoms with Crippen LogP contribution in [0.15, 0.2) is 12.5 Å². The van der Waals surface area contributed by atoms with Gasteiger partial charge >= 0.3 is 0 Å². The molecule has 0 atom stereocenters. The van der Waals surface area contributed by atoms with Crippen LogP contribution in [0.1, 0.15) is 19.8 Å². The van der Waals surface area contributed by atoms with E-state index in [1.165, 1.54) is 6.33 Å². The number of aryl methyl sites for hydroxylation is 1. The topological polar surface area (TPSA) is 69.6 Å². The molecule has 5 heteroatoms. The van der Waals surface area contributed by atoms with Crippen LogP contribution in [0, 0.1) is 0 Å². The summed E-state index contributed by atoms with van der Waals surface area (Å²) in [4.78, 5) is 7.96. The third-order valence-corrected chi connectivity index (χ3v) is 2.14. The predicted octanol–water partition coefficient (Wildman–Crippen LogP) is 1.21. The Bertz CT molecular complexity index is 434. The predicted molar refractivity (Wildman–Crippen MR) is 54.6 cm³/mol. The fourth-order valence-electron chi connectivity index (χ4n) is 1.34. The lowest BCUT2D eigenvalue weighted by atomic mass is 10.3. The molecule has 14 heavy (non-hydrogen) atoms. The van der Waals surface area contributed by atoms with Crippen molar-refractivity contribution >= 4 is 16.9 Å². The summed E-state index contributed by atoms with van der Waals surface area (Å²) in [5.74, 6) is 0.498. The van der Waals surface area contributed by atoms with Crippen molar-refractivity contribution in [2.75, 3.05) is 5.73 Å². The average Bonchev–Trinajstić information content (AvgIpc) is 2.59. The van der Waals surface area contributed by atoms with Crippen LogP contribution < -0.4 is 5.73 Å². The maximum atomic E-state index is 5.69. The second-order valence-corrected chi connectivity index (χ2v) is 3.24. The quantitative estimate of drug-likeness (QED) is 0.791. The Morgan fingerprint density at radius 1 is 1.43 bits per heavy atom. The zero-order chi connectivity index (χ0) is 9.97. The Morgan fingerprint density at radius 2 is 2.29 bits per heavy atom. The zero-order valence-electron chi connectivity index (χ0n) is 8.14. The van der Waals surface area contributed by atoms with E-state index in [-0.39, 0.29) is 0 Å². The van der Waals surface area contributed by atoms with Crippen LogP contribution in [0.3, 0.4) is 0 Å². The molecule has 0 aromatic carbocycles. The van der Waals surface area contributed by atoms with Gasteiger partial charge < -0.3 is 5.73 Å². The summed E-state index contributed by atoms with van der Waals surface area (Å²) < 4.78 is 1.87. The summed E-state index contributed by atoms with van der Waals surface area (Å²) in [6, 6.07) is 0. The van der Waals surface area contributed by atoms with Crippen molar-refractivity contribution < 1.29 is 0 Å². The molecule has 0 bridgehead atoms. The van der Waals surface area contributed by atoms with Crippen molar-refractivity contribution in [3.8, 4) is 0 Å². The standard InChI is InChI=1S/C9H13N5/c1-2-3-4-14-5-7-8(10)11-6-12-9(7)13-14/h5-6H,2-4H2,1H3,(H2,10,11,12,13). The second-order valence-electron chi connectivity index (χ2n) is 3.24. The van der Waals surface area contributed by atoms with Gasteiger partial charge in [-0.2, -0.15) is 5.10 Å². The first-order valence-corrected chi connectivity index (χ1v) is 4.75. The van der Waals surface area contributed by atoms with Gasteiger partial charge in [0, 0.05) is 12.7 Å². The van der Waals surface area contributed by atoms with Crippen LogP contribution in [-0.2, 0) is 6.54 Å². The molecule has 0 radical (unpaired) electrons. The minimum absolute atomic E-state index is 0.498. The van der Waals surface area contributed by atoms with E-state index in [2.05, 4.69) is 22.0 Å². The number of unbranched alkanes of at least 4 members (excludes halogenated alkanes) is 1. The van der Waals surface area contributed by atoms with Gasteiger partial charge in [0.2, 0.25) is 0 Å². The molecular formula is C9H13N5. The Balaban J connectivity index is 2.36. The number of rotatable bonds is 3. The summed E-state index contributed by atoms with van der Waals surface area (Å²) >= 11 is 0. The third kappa shape index (κ3) is 1.53. The summed E-state index contributed by atoms with van der Waals surface area (Å²) in [5, 5.41) is 5.13. The van der Waals surface area contributed by atoms with Crippen LogP contribution in [0.2, 0.25) is 0 Å². The molecule has 0 saturated heterocycles. The third-order valence-electron chi connectivity index (χ3n) is 2.14. The van der Waals surface area contributed by atoms with Crippen LogP contribution >= 0.6 is 0 Å². The zero-order valence-corrected chi connectivity index (χ0v) is 8.14. The van der Waals surface area contributed by atoms with Crippen molar-refractivity contribution in [2.24, 2.45) is 0 Å². The number of anilines is 1. The average molecular weight is 191 g/mol. The maximum Gasteiger partial charge on any atom is 0.186 e. The molecule has 0 saturated carbocycles. The van der Waals surface area contributed by atoms with Crippen LogP contribution in [-0.4, -0.2) is 19.7 Å². The molecule has 5 nitrogen and oxygen atoms in total. The molecule has 0 unspecified atom stereocenters. The van der Waals surface area contributed by atoms with Gasteiger partial charge in [-0.1, -0.05) is 13.3 Å². The van der Waals surface area contributed by atoms with Crippen molar-refractivity contribution in [3.63, 3.8) is 0 Å². The maximum absolute atomic E-state index is 5.69. The van der Waals surface area contributed by atoms with Crippen molar-refractivity contribution in [2.45, 2.75) is 26.3 Å². The number of fused-ring (bicyclic) bond motifs is 1. The minimum Gasteiger partial charge on any atom is -0.383 e. The van der Waals surface area contributed by atoms with Gasteiger partial charge in [-0.25, -0.2) is 9.97 Å². The van der Waals surface area contributed by atoms with Gasteiger partial charge in [0.25, 0.3) is 0 Å². The lowest BCUT2D eigenvalue weighted by Gasteiger charge is -1.96. The van der Waals surface area contributed by atoms with Gasteiger partial charge in [0.15, 0.2) is 5.65 Å². The number of nitrogen functional groups attached to an aromatic ring is 1. The van der Waals surface area contributed by atoms with E-state index < -0.39 is 0 Å². The Hall–Kier alpha value is -1.65. The van der Waals surface area contributed by atoms with E-state index in [1.807, 2.05) is 10.9 Å². The summed E-state index contributed by atoms with van der Waals surface area (Å²) in [5.41, 5.74) is 6.37. The van der Waals surface area contributed by atoms with E-state index in [9.17, 15) is 0 Å². The Kier molecular flexibility index (Phi) is 2.30. The fraction of sp³-hybridized carbons (Fsp3) is 0.444. The van der Waals surface area contributed by atoms with Gasteiger partial charge in [0.05, 0.1) is 5.39 Å². The molecular weight excluding hydrogens is 178 g/mol. The molecule has 2 aromatic heterocycles. The smallest absolute Gasteiger partial charge is 0.186 e. The normalized spacial score (nSPS) is 10.9. The number of aromatic nitrogens is 4. The lowest BCUT2D eigenvalue weighted by Crippen LogP contribution is -1.97. The molecule has 2 rings (SSSR count). The molecule has 0 aliphatic heterocycles. The summed E-state index contributed by atoms with van der Waals surface area (Å²) in [6.07, 6.45) is 5.61. The molecule has 0 aliphatic carbocycles. The highest BCUT2D eigenvalue weighted by Gasteiger charge is 2.04. The SMILES string of the molecule is CCCCn1cc2c(N)ncnc2n1. The van der Waals surface area contributed by atoms with E-state index in [0.29, 0.717) is 11.5 Å². The summed E-state index contributed by atoms with van der Waals surface area (Å²) in [6.45, 7) is 3.06.